The number of hydrogen-bond donors (Lipinski definition) is 1. The van der Waals surface area contributed by atoms with E-state index >= 15 is 0 Å². The highest BCUT2D eigenvalue weighted by atomic mass is 127. The second-order valence-corrected chi connectivity index (χ2v) is 9.16. The molecule has 0 saturated heterocycles. The highest BCUT2D eigenvalue weighted by Gasteiger charge is 2.14. The van der Waals surface area contributed by atoms with Crippen LogP contribution in [0.1, 0.15) is 5.56 Å². The van der Waals surface area contributed by atoms with Crippen molar-refractivity contribution in [3.63, 3.8) is 0 Å². The molecule has 0 amide bonds. The summed E-state index contributed by atoms with van der Waals surface area (Å²) in [5.41, 5.74) is 4.13. The molecule has 27 heavy (non-hydrogen) atoms. The number of imidazole rings is 1. The van der Waals surface area contributed by atoms with Gasteiger partial charge in [-0.05, 0) is 83.6 Å². The number of halogens is 1. The minimum atomic E-state index is -3.64. The molecule has 0 unspecified atom stereocenters. The van der Waals surface area contributed by atoms with E-state index in [1.165, 1.54) is 0 Å². The molecule has 5 nitrogen and oxygen atoms in total. The van der Waals surface area contributed by atoms with Gasteiger partial charge in [0.2, 0.25) is 0 Å². The summed E-state index contributed by atoms with van der Waals surface area (Å²) in [5, 5.41) is 0. The lowest BCUT2D eigenvalue weighted by Crippen LogP contribution is -2.12. The van der Waals surface area contributed by atoms with Crippen LogP contribution in [-0.2, 0) is 10.0 Å². The second-order valence-electron chi connectivity index (χ2n) is 6.24. The Bertz CT molecular complexity index is 1230. The number of aryl methyl sites for hydroxylation is 1. The molecule has 0 saturated carbocycles. The van der Waals surface area contributed by atoms with Crippen molar-refractivity contribution in [2.45, 2.75) is 11.8 Å². The number of anilines is 1. The smallest absolute Gasteiger partial charge is 0.261 e. The highest BCUT2D eigenvalue weighted by Crippen LogP contribution is 2.24. The zero-order chi connectivity index (χ0) is 19.0. The first-order chi connectivity index (χ1) is 12.9. The van der Waals surface area contributed by atoms with Gasteiger partial charge in [0.1, 0.15) is 5.65 Å². The maximum Gasteiger partial charge on any atom is 0.261 e. The molecule has 0 fully saturated rings. The molecular formula is C20H16IN3O2S. The fraction of sp³-hybridized carbons (Fsp3) is 0.0500. The van der Waals surface area contributed by atoms with E-state index in [-0.39, 0.29) is 4.90 Å². The van der Waals surface area contributed by atoms with Crippen LogP contribution in [0.4, 0.5) is 5.69 Å². The maximum absolute atomic E-state index is 12.6. The van der Waals surface area contributed by atoms with Gasteiger partial charge in [0, 0.05) is 27.2 Å². The molecule has 0 radical (unpaired) electrons. The third kappa shape index (κ3) is 3.84. The SMILES string of the molecule is Cc1ccn2cc(-c3cccc(NS(=O)(=O)c4ccc(I)cc4)c3)nc2c1. The number of sulfonamides is 1. The van der Waals surface area contributed by atoms with Crippen molar-refractivity contribution in [2.24, 2.45) is 0 Å². The first-order valence-electron chi connectivity index (χ1n) is 8.25. The zero-order valence-electron chi connectivity index (χ0n) is 14.4. The Hall–Kier alpha value is -2.39. The summed E-state index contributed by atoms with van der Waals surface area (Å²) in [4.78, 5) is 4.87. The average Bonchev–Trinajstić information content (AvgIpc) is 3.05. The molecule has 7 heteroatoms. The topological polar surface area (TPSA) is 63.5 Å². The van der Waals surface area contributed by atoms with Crippen LogP contribution in [0.25, 0.3) is 16.9 Å². The van der Waals surface area contributed by atoms with Gasteiger partial charge in [0.05, 0.1) is 10.6 Å². The number of aromatic nitrogens is 2. The fourth-order valence-corrected chi connectivity index (χ4v) is 4.20. The summed E-state index contributed by atoms with van der Waals surface area (Å²) in [6.45, 7) is 2.02. The predicted octanol–water partition coefficient (Wildman–Crippen LogP) is 4.72. The van der Waals surface area contributed by atoms with Crippen LogP contribution in [0.3, 0.4) is 0 Å². The van der Waals surface area contributed by atoms with Crippen LogP contribution >= 0.6 is 22.6 Å². The van der Waals surface area contributed by atoms with E-state index in [2.05, 4.69) is 32.3 Å². The van der Waals surface area contributed by atoms with Crippen LogP contribution in [0, 0.1) is 10.5 Å². The Labute approximate surface area is 171 Å². The van der Waals surface area contributed by atoms with Crippen molar-refractivity contribution in [3.05, 3.63) is 82.2 Å². The number of fused-ring (bicyclic) bond motifs is 1. The van der Waals surface area contributed by atoms with Gasteiger partial charge in [-0.1, -0.05) is 12.1 Å². The monoisotopic (exact) mass is 489 g/mol. The van der Waals surface area contributed by atoms with Gasteiger partial charge in [-0.2, -0.15) is 0 Å². The quantitative estimate of drug-likeness (QED) is 0.423. The van der Waals surface area contributed by atoms with Crippen molar-refractivity contribution in [1.82, 2.24) is 9.38 Å². The molecule has 2 aromatic carbocycles. The second kappa shape index (κ2) is 6.97. The van der Waals surface area contributed by atoms with Crippen molar-refractivity contribution >= 4 is 43.9 Å². The maximum atomic E-state index is 12.6. The van der Waals surface area contributed by atoms with Gasteiger partial charge >= 0.3 is 0 Å². The Morgan fingerprint density at radius 3 is 2.59 bits per heavy atom. The number of pyridine rings is 1. The third-order valence-corrected chi connectivity index (χ3v) is 6.27. The lowest BCUT2D eigenvalue weighted by molar-refractivity contribution is 0.601. The van der Waals surface area contributed by atoms with Gasteiger partial charge in [-0.3, -0.25) is 4.72 Å². The largest absolute Gasteiger partial charge is 0.306 e. The van der Waals surface area contributed by atoms with Crippen LogP contribution in [-0.4, -0.2) is 17.8 Å². The van der Waals surface area contributed by atoms with E-state index in [9.17, 15) is 8.42 Å². The Morgan fingerprint density at radius 2 is 1.81 bits per heavy atom. The summed E-state index contributed by atoms with van der Waals surface area (Å²) in [7, 11) is -3.64. The first-order valence-corrected chi connectivity index (χ1v) is 10.8. The Kier molecular flexibility index (Phi) is 4.65. The van der Waals surface area contributed by atoms with E-state index in [0.29, 0.717) is 5.69 Å². The van der Waals surface area contributed by atoms with Crippen molar-refractivity contribution in [2.75, 3.05) is 4.72 Å². The first kappa shape index (κ1) is 18.0. The summed E-state index contributed by atoms with van der Waals surface area (Å²) < 4.78 is 30.8. The predicted molar refractivity (Wildman–Crippen MR) is 115 cm³/mol. The van der Waals surface area contributed by atoms with Crippen LogP contribution < -0.4 is 4.72 Å². The number of nitrogens with zero attached hydrogens (tertiary/aromatic N) is 2. The minimum absolute atomic E-state index is 0.233. The van der Waals surface area contributed by atoms with E-state index in [1.54, 1.807) is 36.4 Å². The number of nitrogens with one attached hydrogen (secondary N) is 1. The molecule has 0 aliphatic heterocycles. The zero-order valence-corrected chi connectivity index (χ0v) is 17.4. The highest BCUT2D eigenvalue weighted by molar-refractivity contribution is 14.1. The molecule has 0 aliphatic rings. The van der Waals surface area contributed by atoms with E-state index in [4.69, 9.17) is 0 Å². The summed E-state index contributed by atoms with van der Waals surface area (Å²) in [6.07, 6.45) is 3.89. The lowest BCUT2D eigenvalue weighted by atomic mass is 10.1. The molecular weight excluding hydrogens is 473 g/mol. The van der Waals surface area contributed by atoms with Gasteiger partial charge in [0.25, 0.3) is 10.0 Å². The Balaban J connectivity index is 1.66. The number of hydrogen-bond acceptors (Lipinski definition) is 3. The fourth-order valence-electron chi connectivity index (χ4n) is 2.79. The standard InChI is InChI=1S/C20H16IN3O2S/c1-14-9-10-24-13-19(22-20(24)11-14)15-3-2-4-17(12-15)23-27(25,26)18-7-5-16(21)6-8-18/h2-13,23H,1H3. The average molecular weight is 489 g/mol. The van der Waals surface area contributed by atoms with Crippen LogP contribution in [0.2, 0.25) is 0 Å². The summed E-state index contributed by atoms with van der Waals surface area (Å²) in [5.74, 6) is 0. The van der Waals surface area contributed by atoms with E-state index in [0.717, 1.165) is 26.0 Å². The van der Waals surface area contributed by atoms with E-state index in [1.807, 2.05) is 48.0 Å². The molecule has 136 valence electrons. The van der Waals surface area contributed by atoms with Crippen molar-refractivity contribution in [1.29, 1.82) is 0 Å². The third-order valence-electron chi connectivity index (χ3n) is 4.15. The van der Waals surface area contributed by atoms with Gasteiger partial charge < -0.3 is 4.40 Å². The molecule has 0 spiro atoms. The minimum Gasteiger partial charge on any atom is -0.306 e. The molecule has 1 N–H and O–H groups in total. The number of benzene rings is 2. The molecule has 4 aromatic rings. The Morgan fingerprint density at radius 1 is 1.04 bits per heavy atom. The molecule has 2 heterocycles. The van der Waals surface area contributed by atoms with Crippen molar-refractivity contribution < 1.29 is 8.42 Å². The summed E-state index contributed by atoms with van der Waals surface area (Å²) in [6, 6.07) is 18.0. The van der Waals surface area contributed by atoms with Crippen molar-refractivity contribution in [3.8, 4) is 11.3 Å². The van der Waals surface area contributed by atoms with Gasteiger partial charge in [-0.25, -0.2) is 13.4 Å². The summed E-state index contributed by atoms with van der Waals surface area (Å²) >= 11 is 2.14. The molecule has 0 atom stereocenters. The molecule has 0 aliphatic carbocycles. The molecule has 4 rings (SSSR count). The lowest BCUT2D eigenvalue weighted by Gasteiger charge is -2.09. The molecule has 0 bridgehead atoms. The molecule has 2 aromatic heterocycles. The normalized spacial score (nSPS) is 11.6. The van der Waals surface area contributed by atoms with Crippen LogP contribution in [0.15, 0.2) is 78.0 Å². The number of rotatable bonds is 4. The van der Waals surface area contributed by atoms with Gasteiger partial charge in [0.15, 0.2) is 0 Å². The van der Waals surface area contributed by atoms with Crippen LogP contribution in [0.5, 0.6) is 0 Å². The van der Waals surface area contributed by atoms with Gasteiger partial charge in [-0.15, -0.1) is 0 Å². The van der Waals surface area contributed by atoms with E-state index < -0.39 is 10.0 Å².